The highest BCUT2D eigenvalue weighted by molar-refractivity contribution is 5.98. The van der Waals surface area contributed by atoms with E-state index < -0.39 is 0 Å². The minimum Gasteiger partial charge on any atom is -0.399 e. The van der Waals surface area contributed by atoms with Crippen LogP contribution in [0.3, 0.4) is 0 Å². The van der Waals surface area contributed by atoms with Crippen molar-refractivity contribution < 1.29 is 14.7 Å². The molecule has 4 aliphatic carbocycles. The highest BCUT2D eigenvalue weighted by Gasteiger charge is 2.62. The third-order valence-electron chi connectivity index (χ3n) is 8.27. The van der Waals surface area contributed by atoms with E-state index in [-0.39, 0.29) is 22.9 Å². The molecule has 0 aromatic carbocycles. The van der Waals surface area contributed by atoms with Crippen molar-refractivity contribution in [2.24, 2.45) is 39.7 Å². The van der Waals surface area contributed by atoms with Gasteiger partial charge in [-0.3, -0.25) is 4.79 Å². The minimum atomic E-state index is -0.157. The number of hydrogen-bond acceptors (Lipinski definition) is 4. The summed E-state index contributed by atoms with van der Waals surface area (Å²) in [4.78, 5) is 18.4. The number of oxime groups is 1. The summed E-state index contributed by atoms with van der Waals surface area (Å²) in [5.41, 5.74) is 1.11. The van der Waals surface area contributed by atoms with Crippen LogP contribution in [0.4, 0.5) is 0 Å². The Labute approximate surface area is 145 Å². The lowest BCUT2D eigenvalue weighted by molar-refractivity contribution is -0.156. The van der Waals surface area contributed by atoms with Gasteiger partial charge in [0.1, 0.15) is 12.9 Å². The SMILES string of the molecule is CO/N=C1\CC[C@H]2[C@@H]3CCC4CC(O)CC[C@]4(C)[C@H]3C(=O)C[C@]12C. The first-order chi connectivity index (χ1) is 11.4. The molecule has 4 aliphatic rings. The van der Waals surface area contributed by atoms with Gasteiger partial charge in [0.2, 0.25) is 0 Å². The van der Waals surface area contributed by atoms with Crippen molar-refractivity contribution in [1.82, 2.24) is 0 Å². The number of rotatable bonds is 1. The number of carbonyl (C=O) groups excluding carboxylic acids is 1. The molecule has 4 rings (SSSR count). The molecule has 0 amide bonds. The number of ketones is 1. The molecule has 0 aliphatic heterocycles. The van der Waals surface area contributed by atoms with Crippen LogP contribution in [0.1, 0.15) is 65.2 Å². The monoisotopic (exact) mass is 333 g/mol. The van der Waals surface area contributed by atoms with E-state index in [1.807, 2.05) is 0 Å². The van der Waals surface area contributed by atoms with Gasteiger partial charge in [-0.2, -0.15) is 0 Å². The van der Waals surface area contributed by atoms with E-state index in [0.717, 1.165) is 44.2 Å². The Morgan fingerprint density at radius 2 is 2.00 bits per heavy atom. The van der Waals surface area contributed by atoms with Crippen LogP contribution < -0.4 is 0 Å². The number of aliphatic hydroxyl groups is 1. The lowest BCUT2D eigenvalue weighted by Crippen LogP contribution is -2.57. The molecule has 0 saturated heterocycles. The maximum absolute atomic E-state index is 13.3. The van der Waals surface area contributed by atoms with Crippen LogP contribution in [0, 0.1) is 34.5 Å². The zero-order valence-corrected chi connectivity index (χ0v) is 15.3. The number of aliphatic hydroxyl groups excluding tert-OH is 1. The Balaban J connectivity index is 1.68. The third-order valence-corrected chi connectivity index (χ3v) is 8.27. The van der Waals surface area contributed by atoms with Gasteiger partial charge in [0.05, 0.1) is 11.8 Å². The lowest BCUT2D eigenvalue weighted by Gasteiger charge is -2.59. The standard InChI is InChI=1S/C20H31NO3/c1-19-9-8-13(22)10-12(19)4-5-14-15-6-7-17(21-24-3)20(15,2)11-16(23)18(14)19/h12-15,18,22H,4-11H2,1-3H3/b21-17+/t12?,13?,14-,15-,18+,19-,20-/m0/s1. The largest absolute Gasteiger partial charge is 0.399 e. The maximum Gasteiger partial charge on any atom is 0.137 e. The highest BCUT2D eigenvalue weighted by Crippen LogP contribution is 2.64. The van der Waals surface area contributed by atoms with Crippen molar-refractivity contribution in [2.45, 2.75) is 71.3 Å². The maximum atomic E-state index is 13.3. The highest BCUT2D eigenvalue weighted by atomic mass is 16.6. The van der Waals surface area contributed by atoms with Gasteiger partial charge >= 0.3 is 0 Å². The smallest absolute Gasteiger partial charge is 0.137 e. The van der Waals surface area contributed by atoms with E-state index in [0.29, 0.717) is 30.0 Å². The second kappa shape index (κ2) is 5.55. The number of nitrogens with zero attached hydrogens (tertiary/aromatic N) is 1. The fraction of sp³-hybridized carbons (Fsp3) is 0.900. The van der Waals surface area contributed by atoms with Gasteiger partial charge in [0.15, 0.2) is 0 Å². The molecule has 0 aromatic heterocycles. The molecule has 2 unspecified atom stereocenters. The Bertz CT molecular complexity index is 573. The quantitative estimate of drug-likeness (QED) is 0.746. The van der Waals surface area contributed by atoms with Crippen molar-refractivity contribution in [3.05, 3.63) is 0 Å². The van der Waals surface area contributed by atoms with Crippen LogP contribution in [0.2, 0.25) is 0 Å². The molecule has 1 N–H and O–H groups in total. The number of fused-ring (bicyclic) bond motifs is 5. The van der Waals surface area contributed by atoms with Crippen LogP contribution in [-0.2, 0) is 9.63 Å². The Hall–Kier alpha value is -0.900. The van der Waals surface area contributed by atoms with Gasteiger partial charge in [-0.1, -0.05) is 19.0 Å². The normalized spacial score (nSPS) is 52.6. The zero-order valence-electron chi connectivity index (χ0n) is 15.3. The second-order valence-electron chi connectivity index (χ2n) is 9.28. The molecule has 0 heterocycles. The summed E-state index contributed by atoms with van der Waals surface area (Å²) in [6.45, 7) is 4.59. The molecule has 7 atom stereocenters. The van der Waals surface area contributed by atoms with Gasteiger partial charge in [-0.15, -0.1) is 0 Å². The minimum absolute atomic E-state index is 0.0916. The Kier molecular flexibility index (Phi) is 3.83. The predicted octanol–water partition coefficient (Wildman–Crippen LogP) is 3.57. The Morgan fingerprint density at radius 1 is 1.21 bits per heavy atom. The van der Waals surface area contributed by atoms with Gasteiger partial charge in [0.25, 0.3) is 0 Å². The summed E-state index contributed by atoms with van der Waals surface area (Å²) in [6.07, 6.45) is 7.68. The molecule has 24 heavy (non-hydrogen) atoms. The molecule has 0 bridgehead atoms. The van der Waals surface area contributed by atoms with E-state index >= 15 is 0 Å². The van der Waals surface area contributed by atoms with Gasteiger partial charge in [0, 0.05) is 17.8 Å². The molecule has 4 nitrogen and oxygen atoms in total. The van der Waals surface area contributed by atoms with E-state index in [1.54, 1.807) is 7.11 Å². The number of Topliss-reactive ketones (excluding diaryl/α,β-unsaturated/α-hetero) is 1. The van der Waals surface area contributed by atoms with Gasteiger partial charge < -0.3 is 9.94 Å². The molecule has 4 saturated carbocycles. The van der Waals surface area contributed by atoms with E-state index in [4.69, 9.17) is 4.84 Å². The van der Waals surface area contributed by atoms with E-state index in [2.05, 4.69) is 19.0 Å². The van der Waals surface area contributed by atoms with Crippen LogP contribution >= 0.6 is 0 Å². The molecule has 0 aromatic rings. The van der Waals surface area contributed by atoms with Gasteiger partial charge in [-0.05, 0) is 68.1 Å². The van der Waals surface area contributed by atoms with Crippen molar-refractivity contribution in [3.63, 3.8) is 0 Å². The van der Waals surface area contributed by atoms with Crippen LogP contribution in [-0.4, -0.2) is 29.8 Å². The van der Waals surface area contributed by atoms with E-state index in [9.17, 15) is 9.90 Å². The van der Waals surface area contributed by atoms with Crippen molar-refractivity contribution in [2.75, 3.05) is 7.11 Å². The van der Waals surface area contributed by atoms with Gasteiger partial charge in [-0.25, -0.2) is 0 Å². The van der Waals surface area contributed by atoms with Crippen molar-refractivity contribution >= 4 is 11.5 Å². The fourth-order valence-electron chi connectivity index (χ4n) is 7.11. The summed E-state index contributed by atoms with van der Waals surface area (Å²) >= 11 is 0. The van der Waals surface area contributed by atoms with Crippen LogP contribution in [0.15, 0.2) is 5.16 Å². The first-order valence-corrected chi connectivity index (χ1v) is 9.71. The summed E-state index contributed by atoms with van der Waals surface area (Å²) in [5, 5.41) is 14.4. The number of hydrogen-bond donors (Lipinski definition) is 1. The molecular formula is C20H31NO3. The lowest BCUT2D eigenvalue weighted by atomic mass is 9.45. The van der Waals surface area contributed by atoms with Crippen LogP contribution in [0.25, 0.3) is 0 Å². The fourth-order valence-corrected chi connectivity index (χ4v) is 7.11. The van der Waals surface area contributed by atoms with Crippen molar-refractivity contribution in [3.8, 4) is 0 Å². The summed E-state index contributed by atoms with van der Waals surface area (Å²) < 4.78 is 0. The molecule has 134 valence electrons. The summed E-state index contributed by atoms with van der Waals surface area (Å²) in [7, 11) is 1.61. The predicted molar refractivity (Wildman–Crippen MR) is 92.6 cm³/mol. The average Bonchev–Trinajstić information content (AvgIpc) is 2.84. The first kappa shape index (κ1) is 16.6. The second-order valence-corrected chi connectivity index (χ2v) is 9.28. The molecule has 0 spiro atoms. The topological polar surface area (TPSA) is 58.9 Å². The summed E-state index contributed by atoms with van der Waals surface area (Å²) in [6, 6.07) is 0. The van der Waals surface area contributed by atoms with Crippen LogP contribution in [0.5, 0.6) is 0 Å². The molecular weight excluding hydrogens is 302 g/mol. The summed E-state index contributed by atoms with van der Waals surface area (Å²) in [5.74, 6) is 2.23. The zero-order chi connectivity index (χ0) is 17.1. The van der Waals surface area contributed by atoms with Crippen molar-refractivity contribution in [1.29, 1.82) is 0 Å². The Morgan fingerprint density at radius 3 is 2.75 bits per heavy atom. The van der Waals surface area contributed by atoms with E-state index in [1.165, 1.54) is 6.42 Å². The molecule has 4 fully saturated rings. The first-order valence-electron chi connectivity index (χ1n) is 9.71. The molecule has 0 radical (unpaired) electrons. The average molecular weight is 333 g/mol. The third kappa shape index (κ3) is 2.14. The molecule has 4 heteroatoms. The number of carbonyl (C=O) groups is 1.